The van der Waals surface area contributed by atoms with Crippen LogP contribution in [0.3, 0.4) is 0 Å². The Morgan fingerprint density at radius 3 is 2.70 bits per heavy atom. The number of sulfonamides is 1. The lowest BCUT2D eigenvalue weighted by Crippen LogP contribution is -2.15. The summed E-state index contributed by atoms with van der Waals surface area (Å²) in [6.07, 6.45) is 0. The molecule has 3 rings (SSSR count). The zero-order chi connectivity index (χ0) is 16.8. The first-order chi connectivity index (χ1) is 10.8. The summed E-state index contributed by atoms with van der Waals surface area (Å²) >= 11 is 3.10. The van der Waals surface area contributed by atoms with E-state index in [2.05, 4.69) is 25.6 Å². The summed E-state index contributed by atoms with van der Waals surface area (Å²) in [7, 11) is -4.04. The van der Waals surface area contributed by atoms with Crippen LogP contribution in [-0.4, -0.2) is 13.4 Å². The predicted octanol–water partition coefficient (Wildman–Crippen LogP) is 3.13. The zero-order valence-corrected chi connectivity index (χ0v) is 14.1. The topological polar surface area (TPSA) is 92.2 Å². The molecular formula is C14H10BrFN2O4S. The highest BCUT2D eigenvalue weighted by molar-refractivity contribution is 9.10. The number of nitrogens with one attached hydrogen (secondary N) is 2. The van der Waals surface area contributed by atoms with Crippen LogP contribution in [0.4, 0.5) is 10.1 Å². The number of hydrogen-bond acceptors (Lipinski definition) is 4. The molecule has 1 aromatic heterocycles. The molecule has 0 atom stereocenters. The Hall–Kier alpha value is -2.13. The van der Waals surface area contributed by atoms with E-state index in [1.807, 2.05) is 0 Å². The van der Waals surface area contributed by atoms with Gasteiger partial charge < -0.3 is 4.42 Å². The van der Waals surface area contributed by atoms with Crippen LogP contribution in [0.2, 0.25) is 0 Å². The van der Waals surface area contributed by atoms with Gasteiger partial charge in [0.2, 0.25) is 0 Å². The minimum atomic E-state index is -4.04. The Morgan fingerprint density at radius 2 is 2.00 bits per heavy atom. The molecule has 0 bridgehead atoms. The number of halogens is 2. The van der Waals surface area contributed by atoms with Gasteiger partial charge >= 0.3 is 5.76 Å². The van der Waals surface area contributed by atoms with Gasteiger partial charge in [0.25, 0.3) is 10.0 Å². The summed E-state index contributed by atoms with van der Waals surface area (Å²) in [5.74, 6) is -1.39. The monoisotopic (exact) mass is 400 g/mol. The number of benzene rings is 2. The second-order valence-electron chi connectivity index (χ2n) is 4.86. The molecule has 3 aromatic rings. The third kappa shape index (κ3) is 3.02. The minimum Gasteiger partial charge on any atom is -0.408 e. The van der Waals surface area contributed by atoms with Crippen LogP contribution in [0.5, 0.6) is 0 Å². The first kappa shape index (κ1) is 15.8. The normalized spacial score (nSPS) is 11.8. The largest absolute Gasteiger partial charge is 0.417 e. The van der Waals surface area contributed by atoms with Gasteiger partial charge in [0.05, 0.1) is 16.1 Å². The molecule has 6 nitrogen and oxygen atoms in total. The number of H-pyrrole nitrogens is 1. The molecule has 0 aliphatic heterocycles. The van der Waals surface area contributed by atoms with Crippen LogP contribution in [0.25, 0.3) is 11.1 Å². The van der Waals surface area contributed by atoms with Crippen molar-refractivity contribution in [2.75, 3.05) is 4.72 Å². The maximum atomic E-state index is 13.8. The van der Waals surface area contributed by atoms with Gasteiger partial charge in [-0.3, -0.25) is 9.71 Å². The smallest absolute Gasteiger partial charge is 0.408 e. The highest BCUT2D eigenvalue weighted by Gasteiger charge is 2.20. The van der Waals surface area contributed by atoms with E-state index in [-0.39, 0.29) is 16.2 Å². The number of hydrogen-bond donors (Lipinski definition) is 2. The molecule has 2 aromatic carbocycles. The van der Waals surface area contributed by atoms with Crippen molar-refractivity contribution in [1.29, 1.82) is 0 Å². The molecule has 0 aliphatic carbocycles. The number of fused-ring (bicyclic) bond motifs is 1. The maximum absolute atomic E-state index is 13.8. The van der Waals surface area contributed by atoms with Gasteiger partial charge in [-0.25, -0.2) is 17.6 Å². The number of aromatic nitrogens is 1. The van der Waals surface area contributed by atoms with Crippen LogP contribution >= 0.6 is 15.9 Å². The van der Waals surface area contributed by atoms with Crippen molar-refractivity contribution < 1.29 is 17.2 Å². The predicted molar refractivity (Wildman–Crippen MR) is 86.5 cm³/mol. The lowest BCUT2D eigenvalue weighted by molar-refractivity contribution is 0.554. The molecule has 1 heterocycles. The quantitative estimate of drug-likeness (QED) is 0.706. The fourth-order valence-corrected chi connectivity index (χ4v) is 3.79. The SMILES string of the molecule is Cc1cc2[nH]c(=O)oc2cc1S(=O)(=O)Nc1ccc(Br)cc1F. The van der Waals surface area contributed by atoms with Crippen molar-refractivity contribution in [3.05, 3.63) is 56.7 Å². The molecule has 0 saturated heterocycles. The lowest BCUT2D eigenvalue weighted by atomic mass is 10.2. The van der Waals surface area contributed by atoms with Crippen LogP contribution in [0.1, 0.15) is 5.56 Å². The van der Waals surface area contributed by atoms with Gasteiger partial charge in [0.15, 0.2) is 5.58 Å². The fraction of sp³-hybridized carbons (Fsp3) is 0.0714. The number of anilines is 1. The highest BCUT2D eigenvalue weighted by Crippen LogP contribution is 2.26. The zero-order valence-electron chi connectivity index (χ0n) is 11.7. The molecule has 0 amide bonds. The number of rotatable bonds is 3. The Kier molecular flexibility index (Phi) is 3.77. The molecule has 0 fully saturated rings. The molecule has 0 spiro atoms. The van der Waals surface area contributed by atoms with Gasteiger partial charge in [-0.2, -0.15) is 0 Å². The number of aromatic amines is 1. The number of aryl methyl sites for hydroxylation is 1. The van der Waals surface area contributed by atoms with Crippen molar-refractivity contribution in [2.45, 2.75) is 11.8 Å². The van der Waals surface area contributed by atoms with Crippen molar-refractivity contribution in [3.63, 3.8) is 0 Å². The Bertz CT molecular complexity index is 1070. The van der Waals surface area contributed by atoms with Crippen molar-refractivity contribution in [1.82, 2.24) is 4.98 Å². The molecule has 23 heavy (non-hydrogen) atoms. The summed E-state index contributed by atoms with van der Waals surface area (Å²) in [6.45, 7) is 1.57. The van der Waals surface area contributed by atoms with Crippen molar-refractivity contribution >= 4 is 42.7 Å². The van der Waals surface area contributed by atoms with Crippen LogP contribution in [0.15, 0.2) is 48.9 Å². The van der Waals surface area contributed by atoms with Crippen molar-refractivity contribution in [2.24, 2.45) is 0 Å². The van der Waals surface area contributed by atoms with Crippen LogP contribution < -0.4 is 10.5 Å². The van der Waals surface area contributed by atoms with E-state index in [0.717, 1.165) is 6.07 Å². The van der Waals surface area contributed by atoms with E-state index in [4.69, 9.17) is 4.42 Å². The summed E-state index contributed by atoms with van der Waals surface area (Å²) < 4.78 is 46.4. The van der Waals surface area contributed by atoms with E-state index in [0.29, 0.717) is 15.6 Å². The second-order valence-corrected chi connectivity index (χ2v) is 7.42. The maximum Gasteiger partial charge on any atom is 0.417 e. The Morgan fingerprint density at radius 1 is 1.26 bits per heavy atom. The molecule has 9 heteroatoms. The van der Waals surface area contributed by atoms with Gasteiger partial charge in [-0.1, -0.05) is 15.9 Å². The summed E-state index contributed by atoms with van der Waals surface area (Å²) in [4.78, 5) is 13.5. The van der Waals surface area contributed by atoms with Gasteiger partial charge in [-0.05, 0) is 36.8 Å². The third-order valence-corrected chi connectivity index (χ3v) is 5.18. The van der Waals surface area contributed by atoms with Crippen molar-refractivity contribution in [3.8, 4) is 0 Å². The molecule has 0 aliphatic rings. The minimum absolute atomic E-state index is 0.102. The first-order valence-corrected chi connectivity index (χ1v) is 8.65. The second kappa shape index (κ2) is 5.50. The molecule has 120 valence electrons. The van der Waals surface area contributed by atoms with Gasteiger partial charge in [0, 0.05) is 10.5 Å². The average molecular weight is 401 g/mol. The number of oxazole rings is 1. The summed E-state index contributed by atoms with van der Waals surface area (Å²) in [5, 5.41) is 0. The van der Waals surface area contributed by atoms with Crippen LogP contribution in [0, 0.1) is 12.7 Å². The first-order valence-electron chi connectivity index (χ1n) is 6.37. The van der Waals surface area contributed by atoms with E-state index in [9.17, 15) is 17.6 Å². The third-order valence-electron chi connectivity index (χ3n) is 3.18. The molecule has 0 saturated carbocycles. The summed E-state index contributed by atoms with van der Waals surface area (Å²) in [5.41, 5.74) is 0.710. The van der Waals surface area contributed by atoms with E-state index in [1.54, 1.807) is 6.92 Å². The fourth-order valence-electron chi connectivity index (χ4n) is 2.15. The van der Waals surface area contributed by atoms with Crippen LogP contribution in [-0.2, 0) is 10.0 Å². The molecule has 2 N–H and O–H groups in total. The van der Waals surface area contributed by atoms with E-state index >= 15 is 0 Å². The summed E-state index contributed by atoms with van der Waals surface area (Å²) in [6, 6.07) is 6.68. The standard InChI is InChI=1S/C14H10BrFN2O4S/c1-7-4-11-12(22-14(19)17-11)6-13(7)23(20,21)18-10-3-2-8(15)5-9(10)16/h2-6,18H,1H3,(H,17,19). The average Bonchev–Trinajstić information content (AvgIpc) is 2.80. The molecular weight excluding hydrogens is 391 g/mol. The molecule has 0 radical (unpaired) electrons. The van der Waals surface area contributed by atoms with E-state index < -0.39 is 21.6 Å². The Labute approximate surface area is 138 Å². The van der Waals surface area contributed by atoms with Gasteiger partial charge in [0.1, 0.15) is 5.82 Å². The molecule has 0 unspecified atom stereocenters. The Balaban J connectivity index is 2.08. The highest BCUT2D eigenvalue weighted by atomic mass is 79.9. The van der Waals surface area contributed by atoms with Gasteiger partial charge in [-0.15, -0.1) is 0 Å². The van der Waals surface area contributed by atoms with E-state index in [1.165, 1.54) is 24.3 Å². The lowest BCUT2D eigenvalue weighted by Gasteiger charge is -2.11.